The van der Waals surface area contributed by atoms with Gasteiger partial charge in [-0.3, -0.25) is 4.79 Å². The fourth-order valence-electron chi connectivity index (χ4n) is 4.29. The molecule has 6 nitrogen and oxygen atoms in total. The van der Waals surface area contributed by atoms with Crippen LogP contribution in [-0.2, 0) is 16.6 Å². The molecular weight excluding hydrogens is 408 g/mol. The number of carboxylic acids is 1. The number of ether oxygens (including phenoxy) is 4. The van der Waals surface area contributed by atoms with Gasteiger partial charge in [0, 0.05) is 11.5 Å². The predicted molar refractivity (Wildman–Crippen MR) is 120 cm³/mol. The predicted octanol–water partition coefficient (Wildman–Crippen LogP) is 4.68. The molecule has 2 bridgehead atoms. The zero-order valence-electron chi connectivity index (χ0n) is 18.3. The van der Waals surface area contributed by atoms with Gasteiger partial charge in [0.05, 0.1) is 20.1 Å². The highest BCUT2D eigenvalue weighted by atomic mass is 16.7. The van der Waals surface area contributed by atoms with Crippen LogP contribution in [0.1, 0.15) is 23.6 Å². The summed E-state index contributed by atoms with van der Waals surface area (Å²) in [6, 6.07) is 20.7. The topological polar surface area (TPSA) is 74.2 Å². The summed E-state index contributed by atoms with van der Waals surface area (Å²) < 4.78 is 21.6. The van der Waals surface area contributed by atoms with Gasteiger partial charge in [-0.15, -0.1) is 0 Å². The van der Waals surface area contributed by atoms with E-state index in [1.165, 1.54) is 0 Å². The molecule has 166 valence electrons. The van der Waals surface area contributed by atoms with E-state index in [0.717, 1.165) is 22.4 Å². The minimum absolute atomic E-state index is 0.126. The summed E-state index contributed by atoms with van der Waals surface area (Å²) in [7, 11) is 3.22. The smallest absolute Gasteiger partial charge is 0.308 e. The first-order chi connectivity index (χ1) is 15.5. The molecule has 3 aromatic rings. The molecule has 0 saturated heterocycles. The Morgan fingerprint density at radius 1 is 0.938 bits per heavy atom. The molecule has 1 atom stereocenters. The zero-order chi connectivity index (χ0) is 22.7. The second kappa shape index (κ2) is 8.83. The molecule has 0 aromatic heterocycles. The molecule has 4 rings (SSSR count). The van der Waals surface area contributed by atoms with Gasteiger partial charge >= 0.3 is 5.97 Å². The van der Waals surface area contributed by atoms with Crippen molar-refractivity contribution in [2.24, 2.45) is 5.92 Å². The summed E-state index contributed by atoms with van der Waals surface area (Å²) in [5, 5.41) is 10.4. The Hall–Kier alpha value is -3.67. The molecular formula is C26H26O6. The number of carbonyl (C=O) groups is 1. The summed E-state index contributed by atoms with van der Waals surface area (Å²) in [4.78, 5) is 12.7. The van der Waals surface area contributed by atoms with Gasteiger partial charge in [0.15, 0.2) is 0 Å². The van der Waals surface area contributed by atoms with Gasteiger partial charge in [0.25, 0.3) is 0 Å². The third kappa shape index (κ3) is 3.96. The molecule has 0 fully saturated rings. The second-order valence-electron chi connectivity index (χ2n) is 7.93. The van der Waals surface area contributed by atoms with Crippen LogP contribution in [0, 0.1) is 5.92 Å². The fourth-order valence-corrected chi connectivity index (χ4v) is 4.29. The highest BCUT2D eigenvalue weighted by Gasteiger charge is 2.43. The normalized spacial score (nSPS) is 13.5. The fraction of sp³-hybridized carbons (Fsp3) is 0.269. The Labute approximate surface area is 187 Å². The minimum Gasteiger partial charge on any atom is -0.497 e. The summed E-state index contributed by atoms with van der Waals surface area (Å²) in [5.41, 5.74) is 1.76. The van der Waals surface area contributed by atoms with Crippen molar-refractivity contribution in [1.29, 1.82) is 0 Å². The van der Waals surface area contributed by atoms with E-state index in [1.807, 2.05) is 67.6 Å². The Balaban J connectivity index is 1.82. The van der Waals surface area contributed by atoms with Crippen molar-refractivity contribution in [3.05, 3.63) is 83.4 Å². The molecule has 1 heterocycles. The van der Waals surface area contributed by atoms with Crippen LogP contribution in [-0.4, -0.2) is 32.1 Å². The molecule has 1 aliphatic rings. The average molecular weight is 434 g/mol. The highest BCUT2D eigenvalue weighted by Crippen LogP contribution is 2.43. The largest absolute Gasteiger partial charge is 0.497 e. The third-order valence-corrected chi connectivity index (χ3v) is 6.28. The quantitative estimate of drug-likeness (QED) is 0.555. The lowest BCUT2D eigenvalue weighted by Crippen LogP contribution is -2.40. The van der Waals surface area contributed by atoms with Crippen molar-refractivity contribution in [2.75, 3.05) is 21.0 Å². The van der Waals surface area contributed by atoms with Crippen molar-refractivity contribution < 1.29 is 28.8 Å². The van der Waals surface area contributed by atoms with Gasteiger partial charge < -0.3 is 24.1 Å². The number of hydrogen-bond donors (Lipinski definition) is 1. The lowest BCUT2D eigenvalue weighted by atomic mass is 9.65. The van der Waals surface area contributed by atoms with Crippen LogP contribution < -0.4 is 18.9 Å². The number of carboxylic acid groups (broad SMARTS) is 1. The molecule has 0 saturated carbocycles. The van der Waals surface area contributed by atoms with Crippen LogP contribution in [0.5, 0.6) is 23.0 Å². The third-order valence-electron chi connectivity index (χ3n) is 6.28. The van der Waals surface area contributed by atoms with E-state index in [2.05, 4.69) is 0 Å². The Kier molecular flexibility index (Phi) is 5.95. The summed E-state index contributed by atoms with van der Waals surface area (Å²) in [6.07, 6.45) is 0.291. The SMILES string of the molecule is COc1ccc(C(C)(c2ccc(OC)cc2)C(Cc2ccc3cc2OCO3)C(=O)O)cc1. The molecule has 1 unspecified atom stereocenters. The van der Waals surface area contributed by atoms with Crippen molar-refractivity contribution in [3.63, 3.8) is 0 Å². The average Bonchev–Trinajstić information content (AvgIpc) is 2.83. The monoisotopic (exact) mass is 434 g/mol. The maximum atomic E-state index is 12.7. The van der Waals surface area contributed by atoms with Crippen molar-refractivity contribution in [2.45, 2.75) is 18.8 Å². The van der Waals surface area contributed by atoms with Crippen molar-refractivity contribution in [3.8, 4) is 23.0 Å². The van der Waals surface area contributed by atoms with Gasteiger partial charge in [-0.25, -0.2) is 0 Å². The number of fused-ring (bicyclic) bond motifs is 2. The number of rotatable bonds is 8. The lowest BCUT2D eigenvalue weighted by molar-refractivity contribution is -0.143. The molecule has 0 spiro atoms. The minimum atomic E-state index is -0.887. The van der Waals surface area contributed by atoms with E-state index in [4.69, 9.17) is 18.9 Å². The van der Waals surface area contributed by atoms with E-state index in [9.17, 15) is 9.90 Å². The van der Waals surface area contributed by atoms with Crippen LogP contribution >= 0.6 is 0 Å². The lowest BCUT2D eigenvalue weighted by Gasteiger charge is -2.37. The van der Waals surface area contributed by atoms with Crippen LogP contribution in [0.15, 0.2) is 66.7 Å². The molecule has 3 aromatic carbocycles. The van der Waals surface area contributed by atoms with E-state index in [1.54, 1.807) is 20.3 Å². The molecule has 6 heteroatoms. The summed E-state index contributed by atoms with van der Waals surface area (Å²) >= 11 is 0. The van der Waals surface area contributed by atoms with E-state index < -0.39 is 17.3 Å². The van der Waals surface area contributed by atoms with Crippen molar-refractivity contribution >= 4 is 5.97 Å². The molecule has 32 heavy (non-hydrogen) atoms. The molecule has 1 aliphatic heterocycles. The number of methoxy groups -OCH3 is 2. The first kappa shape index (κ1) is 21.6. The highest BCUT2D eigenvalue weighted by molar-refractivity contribution is 5.75. The molecule has 0 radical (unpaired) electrons. The molecule has 0 aliphatic carbocycles. The zero-order valence-corrected chi connectivity index (χ0v) is 18.3. The number of hydrogen-bond acceptors (Lipinski definition) is 5. The van der Waals surface area contributed by atoms with Gasteiger partial charge in [-0.1, -0.05) is 37.3 Å². The Morgan fingerprint density at radius 3 is 2.00 bits per heavy atom. The molecule has 0 amide bonds. The van der Waals surface area contributed by atoms with Gasteiger partial charge in [0.2, 0.25) is 6.79 Å². The standard InChI is InChI=1S/C26H26O6/c1-26(18-5-10-20(29-2)11-6-18,19-7-12-21(30-3)13-8-19)23(25(27)28)14-17-4-9-22-15-24(17)32-16-31-22/h4-13,15,23H,14,16H2,1-3H3,(H,27,28). The summed E-state index contributed by atoms with van der Waals surface area (Å²) in [6.45, 7) is 2.10. The van der Waals surface area contributed by atoms with Crippen LogP contribution in [0.2, 0.25) is 0 Å². The maximum absolute atomic E-state index is 12.7. The second-order valence-corrected chi connectivity index (χ2v) is 7.93. The van der Waals surface area contributed by atoms with Gasteiger partial charge in [-0.05, 0) is 53.4 Å². The van der Waals surface area contributed by atoms with E-state index in [0.29, 0.717) is 23.7 Å². The Bertz CT molecular complexity index is 1040. The Morgan fingerprint density at radius 2 is 1.50 bits per heavy atom. The summed E-state index contributed by atoms with van der Waals surface area (Å²) in [5.74, 6) is 1.15. The van der Waals surface area contributed by atoms with Gasteiger partial charge in [-0.2, -0.15) is 0 Å². The van der Waals surface area contributed by atoms with Crippen molar-refractivity contribution in [1.82, 2.24) is 0 Å². The first-order valence-corrected chi connectivity index (χ1v) is 10.4. The van der Waals surface area contributed by atoms with Crippen LogP contribution in [0.25, 0.3) is 0 Å². The van der Waals surface area contributed by atoms with E-state index >= 15 is 0 Å². The maximum Gasteiger partial charge on any atom is 0.308 e. The number of aliphatic carboxylic acids is 1. The van der Waals surface area contributed by atoms with E-state index in [-0.39, 0.29) is 6.79 Å². The first-order valence-electron chi connectivity index (χ1n) is 10.4. The number of benzene rings is 3. The molecule has 1 N–H and O–H groups in total. The van der Waals surface area contributed by atoms with Crippen LogP contribution in [0.4, 0.5) is 0 Å². The van der Waals surface area contributed by atoms with Gasteiger partial charge in [0.1, 0.15) is 23.0 Å². The van der Waals surface area contributed by atoms with Crippen LogP contribution in [0.3, 0.4) is 0 Å².